The molecule has 19 heavy (non-hydrogen) atoms. The van der Waals surface area contributed by atoms with Gasteiger partial charge in [0, 0.05) is 18.3 Å². The van der Waals surface area contributed by atoms with Crippen molar-refractivity contribution < 1.29 is 4.74 Å². The molecule has 0 bridgehead atoms. The first-order chi connectivity index (χ1) is 9.24. The molecule has 0 aliphatic carbocycles. The third kappa shape index (κ3) is 3.42. The average Bonchev–Trinajstić information content (AvgIpc) is 2.86. The van der Waals surface area contributed by atoms with Crippen LogP contribution in [-0.2, 0) is 0 Å². The van der Waals surface area contributed by atoms with Gasteiger partial charge in [0.2, 0.25) is 5.13 Å². The molecule has 5 nitrogen and oxygen atoms in total. The lowest BCUT2D eigenvalue weighted by Gasteiger charge is -2.21. The van der Waals surface area contributed by atoms with Crippen molar-refractivity contribution in [2.75, 3.05) is 25.1 Å². The quantitative estimate of drug-likeness (QED) is 0.878. The SMILES string of the molecule is COc1cccc(N(CCCN)c2nnc(C)s2)c1. The number of rotatable bonds is 6. The van der Waals surface area contributed by atoms with E-state index < -0.39 is 0 Å². The van der Waals surface area contributed by atoms with Gasteiger partial charge in [-0.05, 0) is 32.0 Å². The summed E-state index contributed by atoms with van der Waals surface area (Å²) in [5.74, 6) is 0.830. The van der Waals surface area contributed by atoms with Crippen LogP contribution in [-0.4, -0.2) is 30.4 Å². The molecular weight excluding hydrogens is 260 g/mol. The van der Waals surface area contributed by atoms with Crippen molar-refractivity contribution in [2.24, 2.45) is 5.73 Å². The van der Waals surface area contributed by atoms with E-state index in [1.165, 1.54) is 0 Å². The minimum Gasteiger partial charge on any atom is -0.497 e. The van der Waals surface area contributed by atoms with Gasteiger partial charge in [-0.2, -0.15) is 0 Å². The highest BCUT2D eigenvalue weighted by Gasteiger charge is 2.13. The van der Waals surface area contributed by atoms with Crippen molar-refractivity contribution in [3.05, 3.63) is 29.3 Å². The molecule has 0 aliphatic heterocycles. The van der Waals surface area contributed by atoms with Crippen molar-refractivity contribution in [1.29, 1.82) is 0 Å². The van der Waals surface area contributed by atoms with Gasteiger partial charge >= 0.3 is 0 Å². The fraction of sp³-hybridized carbons (Fsp3) is 0.385. The van der Waals surface area contributed by atoms with E-state index in [4.69, 9.17) is 10.5 Å². The molecule has 6 heteroatoms. The monoisotopic (exact) mass is 278 g/mol. The van der Waals surface area contributed by atoms with E-state index in [9.17, 15) is 0 Å². The Labute approximate surface area is 117 Å². The predicted molar refractivity (Wildman–Crippen MR) is 78.3 cm³/mol. The topological polar surface area (TPSA) is 64.3 Å². The molecule has 1 aromatic heterocycles. The van der Waals surface area contributed by atoms with Crippen LogP contribution in [0.1, 0.15) is 11.4 Å². The second-order valence-electron chi connectivity index (χ2n) is 4.10. The van der Waals surface area contributed by atoms with E-state index in [0.29, 0.717) is 6.54 Å². The van der Waals surface area contributed by atoms with Gasteiger partial charge in [-0.3, -0.25) is 0 Å². The normalized spacial score (nSPS) is 10.5. The Balaban J connectivity index is 2.30. The first-order valence-electron chi connectivity index (χ1n) is 6.16. The third-order valence-electron chi connectivity index (χ3n) is 2.70. The highest BCUT2D eigenvalue weighted by Crippen LogP contribution is 2.30. The Kier molecular flexibility index (Phi) is 4.70. The molecule has 2 aromatic rings. The minimum atomic E-state index is 0.651. The number of nitrogens with two attached hydrogens (primary N) is 1. The molecule has 0 fully saturated rings. The lowest BCUT2D eigenvalue weighted by Crippen LogP contribution is -2.20. The Hall–Kier alpha value is -1.66. The van der Waals surface area contributed by atoms with Gasteiger partial charge in [-0.1, -0.05) is 17.4 Å². The molecule has 0 unspecified atom stereocenters. The molecule has 0 saturated carbocycles. The molecule has 1 heterocycles. The number of nitrogens with zero attached hydrogens (tertiary/aromatic N) is 3. The van der Waals surface area contributed by atoms with Crippen LogP contribution in [0.3, 0.4) is 0 Å². The van der Waals surface area contributed by atoms with Gasteiger partial charge in [0.1, 0.15) is 10.8 Å². The number of methoxy groups -OCH3 is 1. The zero-order valence-corrected chi connectivity index (χ0v) is 12.0. The van der Waals surface area contributed by atoms with Crippen molar-refractivity contribution in [3.63, 3.8) is 0 Å². The van der Waals surface area contributed by atoms with E-state index in [2.05, 4.69) is 15.1 Å². The van der Waals surface area contributed by atoms with E-state index in [0.717, 1.165) is 34.5 Å². The second kappa shape index (κ2) is 6.49. The van der Waals surface area contributed by atoms with Crippen molar-refractivity contribution >= 4 is 22.2 Å². The van der Waals surface area contributed by atoms with Crippen LogP contribution in [0.4, 0.5) is 10.8 Å². The van der Waals surface area contributed by atoms with Crippen LogP contribution < -0.4 is 15.4 Å². The number of aromatic nitrogens is 2. The van der Waals surface area contributed by atoms with Crippen molar-refractivity contribution in [3.8, 4) is 5.75 Å². The van der Waals surface area contributed by atoms with Crippen molar-refractivity contribution in [1.82, 2.24) is 10.2 Å². The maximum absolute atomic E-state index is 5.61. The van der Waals surface area contributed by atoms with Crippen LogP contribution in [0.15, 0.2) is 24.3 Å². The van der Waals surface area contributed by atoms with E-state index >= 15 is 0 Å². The Bertz CT molecular complexity index is 529. The van der Waals surface area contributed by atoms with Gasteiger partial charge in [-0.15, -0.1) is 10.2 Å². The van der Waals surface area contributed by atoms with Gasteiger partial charge in [0.15, 0.2) is 0 Å². The molecule has 2 N–H and O–H groups in total. The van der Waals surface area contributed by atoms with Crippen LogP contribution in [0.2, 0.25) is 0 Å². The molecule has 2 rings (SSSR count). The van der Waals surface area contributed by atoms with E-state index in [1.807, 2.05) is 31.2 Å². The fourth-order valence-corrected chi connectivity index (χ4v) is 2.49. The van der Waals surface area contributed by atoms with Crippen molar-refractivity contribution in [2.45, 2.75) is 13.3 Å². The van der Waals surface area contributed by atoms with Crippen LogP contribution in [0, 0.1) is 6.92 Å². The summed E-state index contributed by atoms with van der Waals surface area (Å²) in [5.41, 5.74) is 6.66. The Morgan fingerprint density at radius 2 is 2.21 bits per heavy atom. The zero-order valence-electron chi connectivity index (χ0n) is 11.2. The summed E-state index contributed by atoms with van der Waals surface area (Å²) in [6.45, 7) is 3.42. The van der Waals surface area contributed by atoms with Crippen LogP contribution in [0.5, 0.6) is 5.75 Å². The standard InChI is InChI=1S/C13H18N4OS/c1-10-15-16-13(19-10)17(8-4-7-14)11-5-3-6-12(9-11)18-2/h3,5-6,9H,4,7-8,14H2,1-2H3. The smallest absolute Gasteiger partial charge is 0.212 e. The molecule has 1 aromatic carbocycles. The largest absolute Gasteiger partial charge is 0.497 e. The minimum absolute atomic E-state index is 0.651. The van der Waals surface area contributed by atoms with Gasteiger partial charge in [0.05, 0.1) is 7.11 Å². The highest BCUT2D eigenvalue weighted by atomic mass is 32.1. The zero-order chi connectivity index (χ0) is 13.7. The molecule has 0 aliphatic rings. The van der Waals surface area contributed by atoms with Gasteiger partial charge in [0.25, 0.3) is 0 Å². The lowest BCUT2D eigenvalue weighted by molar-refractivity contribution is 0.415. The fourth-order valence-electron chi connectivity index (χ4n) is 1.76. The van der Waals surface area contributed by atoms with E-state index in [1.54, 1.807) is 18.4 Å². The van der Waals surface area contributed by atoms with Crippen LogP contribution in [0.25, 0.3) is 0 Å². The summed E-state index contributed by atoms with van der Waals surface area (Å²) in [6.07, 6.45) is 0.899. The summed E-state index contributed by atoms with van der Waals surface area (Å²) in [4.78, 5) is 2.13. The number of hydrogen-bond donors (Lipinski definition) is 1. The summed E-state index contributed by atoms with van der Waals surface area (Å²) in [5, 5.41) is 10.1. The number of benzene rings is 1. The second-order valence-corrected chi connectivity index (χ2v) is 5.26. The number of anilines is 2. The molecular formula is C13H18N4OS. The predicted octanol–water partition coefficient (Wildman–Crippen LogP) is 2.34. The maximum Gasteiger partial charge on any atom is 0.212 e. The lowest BCUT2D eigenvalue weighted by atomic mass is 10.2. The average molecular weight is 278 g/mol. The first-order valence-corrected chi connectivity index (χ1v) is 6.98. The Morgan fingerprint density at radius 1 is 1.37 bits per heavy atom. The van der Waals surface area contributed by atoms with E-state index in [-0.39, 0.29) is 0 Å². The van der Waals surface area contributed by atoms with Gasteiger partial charge in [-0.25, -0.2) is 0 Å². The summed E-state index contributed by atoms with van der Waals surface area (Å²) in [7, 11) is 1.67. The molecule has 0 spiro atoms. The number of aryl methyl sites for hydroxylation is 1. The molecule has 102 valence electrons. The summed E-state index contributed by atoms with van der Waals surface area (Å²) < 4.78 is 5.27. The third-order valence-corrected chi connectivity index (χ3v) is 3.56. The Morgan fingerprint density at radius 3 is 2.84 bits per heavy atom. The summed E-state index contributed by atoms with van der Waals surface area (Å²) >= 11 is 1.58. The first kappa shape index (κ1) is 13.8. The number of hydrogen-bond acceptors (Lipinski definition) is 6. The number of ether oxygens (including phenoxy) is 1. The molecule has 0 amide bonds. The van der Waals surface area contributed by atoms with Gasteiger partial charge < -0.3 is 15.4 Å². The molecule has 0 saturated heterocycles. The molecule has 0 radical (unpaired) electrons. The summed E-state index contributed by atoms with van der Waals surface area (Å²) in [6, 6.07) is 7.93. The molecule has 0 atom stereocenters. The maximum atomic E-state index is 5.61. The highest BCUT2D eigenvalue weighted by molar-refractivity contribution is 7.15. The van der Waals surface area contributed by atoms with Crippen LogP contribution >= 0.6 is 11.3 Å².